The van der Waals surface area contributed by atoms with Crippen LogP contribution in [0.5, 0.6) is 0 Å². The Morgan fingerprint density at radius 2 is 1.65 bits per heavy atom. The summed E-state index contributed by atoms with van der Waals surface area (Å²) in [5.74, 6) is 0. The zero-order chi connectivity index (χ0) is 23.0. The Labute approximate surface area is 198 Å². The second kappa shape index (κ2) is 11.7. The molecule has 0 aliphatic rings. The number of hydrogen-bond acceptors (Lipinski definition) is 5. The first kappa shape index (κ1) is 25.4. The largest absolute Gasteiger partial charge is 0.394 e. The Morgan fingerprint density at radius 1 is 1.03 bits per heavy atom. The van der Waals surface area contributed by atoms with E-state index in [1.165, 1.54) is 0 Å². The van der Waals surface area contributed by atoms with E-state index in [0.29, 0.717) is 32.3 Å². The summed E-state index contributed by atoms with van der Waals surface area (Å²) in [7, 11) is -4.67. The van der Waals surface area contributed by atoms with Crippen LogP contribution in [0.4, 0.5) is 0 Å². The van der Waals surface area contributed by atoms with Crippen LogP contribution in [0.1, 0.15) is 11.1 Å². The summed E-state index contributed by atoms with van der Waals surface area (Å²) in [5, 5.41) is 6.40. The van der Waals surface area contributed by atoms with Gasteiger partial charge in [-0.2, -0.15) is 8.42 Å². The summed E-state index contributed by atoms with van der Waals surface area (Å²) in [6.45, 7) is 0.643. The molecular weight excluding hydrogens is 512 g/mol. The highest BCUT2D eigenvalue weighted by atomic mass is 35.5. The van der Waals surface area contributed by atoms with E-state index in [1.807, 2.05) is 10.8 Å². The normalized spacial score (nSPS) is 11.6. The van der Waals surface area contributed by atoms with Crippen LogP contribution in [-0.2, 0) is 28.4 Å². The molecule has 8 nitrogen and oxygen atoms in total. The number of aromatic nitrogens is 2. The highest BCUT2D eigenvalue weighted by Crippen LogP contribution is 2.24. The number of oxime groups is 1. The van der Waals surface area contributed by atoms with Crippen molar-refractivity contribution >= 4 is 62.5 Å². The van der Waals surface area contributed by atoms with Crippen LogP contribution in [0.2, 0.25) is 20.1 Å². The van der Waals surface area contributed by atoms with E-state index in [1.54, 1.807) is 48.9 Å². The lowest BCUT2D eigenvalue weighted by Crippen LogP contribution is -2.12. The van der Waals surface area contributed by atoms with Crippen LogP contribution in [0.15, 0.2) is 60.3 Å². The van der Waals surface area contributed by atoms with Crippen molar-refractivity contribution in [3.05, 3.63) is 86.3 Å². The van der Waals surface area contributed by atoms with E-state index in [4.69, 9.17) is 68.8 Å². The zero-order valence-corrected chi connectivity index (χ0v) is 19.3. The highest BCUT2D eigenvalue weighted by Gasteiger charge is 2.11. The van der Waals surface area contributed by atoms with Crippen LogP contribution in [0.3, 0.4) is 0 Å². The lowest BCUT2D eigenvalue weighted by molar-refractivity contribution is 0.130. The SMILES string of the molecule is Clc1ccc(CO/N=C(\Cn2ccnc2)c2ccc(Cl)cc2Cl)c(Cl)c1.O=S(=O)(O)O. The van der Waals surface area contributed by atoms with Gasteiger partial charge >= 0.3 is 10.4 Å². The van der Waals surface area contributed by atoms with Gasteiger partial charge in [0.05, 0.1) is 17.9 Å². The van der Waals surface area contributed by atoms with Crippen molar-refractivity contribution < 1.29 is 22.4 Å². The summed E-state index contributed by atoms with van der Waals surface area (Å²) in [4.78, 5) is 9.56. The minimum absolute atomic E-state index is 0.203. The van der Waals surface area contributed by atoms with Crippen LogP contribution in [0.25, 0.3) is 0 Å². The molecule has 0 fully saturated rings. The molecule has 13 heteroatoms. The van der Waals surface area contributed by atoms with Gasteiger partial charge in [-0.15, -0.1) is 0 Å². The molecule has 2 N–H and O–H groups in total. The van der Waals surface area contributed by atoms with Crippen molar-refractivity contribution in [2.45, 2.75) is 13.2 Å². The molecule has 2 aromatic carbocycles. The average Bonchev–Trinajstić information content (AvgIpc) is 3.14. The van der Waals surface area contributed by atoms with Crippen molar-refractivity contribution in [2.75, 3.05) is 0 Å². The van der Waals surface area contributed by atoms with Gasteiger partial charge in [-0.25, -0.2) is 4.98 Å². The fraction of sp³-hybridized carbons (Fsp3) is 0.111. The maximum absolute atomic E-state index is 8.74. The average molecular weight is 527 g/mol. The molecule has 0 amide bonds. The summed E-state index contributed by atoms with van der Waals surface area (Å²) in [6.07, 6.45) is 5.21. The van der Waals surface area contributed by atoms with E-state index in [9.17, 15) is 0 Å². The monoisotopic (exact) mass is 525 g/mol. The molecule has 0 aliphatic carbocycles. The van der Waals surface area contributed by atoms with Crippen molar-refractivity contribution in [2.24, 2.45) is 5.16 Å². The van der Waals surface area contributed by atoms with E-state index in [0.717, 1.165) is 11.1 Å². The molecule has 31 heavy (non-hydrogen) atoms. The van der Waals surface area contributed by atoms with Gasteiger partial charge < -0.3 is 9.40 Å². The molecule has 1 heterocycles. The van der Waals surface area contributed by atoms with Gasteiger partial charge in [-0.1, -0.05) is 57.6 Å². The third-order valence-corrected chi connectivity index (χ3v) is 4.68. The zero-order valence-electron chi connectivity index (χ0n) is 15.5. The van der Waals surface area contributed by atoms with Crippen LogP contribution in [0, 0.1) is 0 Å². The van der Waals surface area contributed by atoms with Crippen molar-refractivity contribution in [1.82, 2.24) is 9.55 Å². The first-order chi connectivity index (χ1) is 14.5. The summed E-state index contributed by atoms with van der Waals surface area (Å²) in [6, 6.07) is 10.4. The molecule has 0 atom stereocenters. The number of halogens is 4. The molecule has 0 saturated carbocycles. The second-order valence-electron chi connectivity index (χ2n) is 5.85. The minimum Gasteiger partial charge on any atom is -0.391 e. The first-order valence-electron chi connectivity index (χ1n) is 8.26. The molecule has 1 aromatic heterocycles. The van der Waals surface area contributed by atoms with Gasteiger partial charge in [0.2, 0.25) is 0 Å². The fourth-order valence-corrected chi connectivity index (χ4v) is 3.24. The number of nitrogens with zero attached hydrogens (tertiary/aromatic N) is 3. The van der Waals surface area contributed by atoms with Crippen LogP contribution < -0.4 is 0 Å². The Morgan fingerprint density at radius 3 is 2.19 bits per heavy atom. The molecule has 0 spiro atoms. The van der Waals surface area contributed by atoms with Crippen LogP contribution >= 0.6 is 46.4 Å². The second-order valence-corrected chi connectivity index (χ2v) is 8.44. The lowest BCUT2D eigenvalue weighted by Gasteiger charge is -2.10. The molecule has 0 aliphatic heterocycles. The summed E-state index contributed by atoms with van der Waals surface area (Å²) in [5.41, 5.74) is 2.14. The maximum Gasteiger partial charge on any atom is 0.394 e. The summed E-state index contributed by atoms with van der Waals surface area (Å²) < 4.78 is 33.4. The van der Waals surface area contributed by atoms with Crippen molar-refractivity contribution in [3.8, 4) is 0 Å². The molecule has 0 saturated heterocycles. The topological polar surface area (TPSA) is 114 Å². The maximum atomic E-state index is 8.74. The standard InChI is InChI=1S/C18H13Cl4N3O.H2O4S/c19-13-2-1-12(16(21)7-13)10-26-24-18(9-25-6-5-23-11-25)15-4-3-14(20)8-17(15)22;1-5(2,3)4/h1-8,11H,9-10H2;(H2,1,2,3,4)/b24-18+;. The van der Waals surface area contributed by atoms with Gasteiger partial charge in [0, 0.05) is 38.6 Å². The Balaban J connectivity index is 0.000000614. The third kappa shape index (κ3) is 9.44. The predicted molar refractivity (Wildman–Crippen MR) is 121 cm³/mol. The fourth-order valence-electron chi connectivity index (χ4n) is 2.26. The predicted octanol–water partition coefficient (Wildman–Crippen LogP) is 5.47. The van der Waals surface area contributed by atoms with Crippen molar-refractivity contribution in [1.29, 1.82) is 0 Å². The van der Waals surface area contributed by atoms with Gasteiger partial charge in [-0.05, 0) is 30.3 Å². The molecule has 0 unspecified atom stereocenters. The van der Waals surface area contributed by atoms with Gasteiger partial charge in [0.25, 0.3) is 0 Å². The number of imidazole rings is 1. The minimum atomic E-state index is -4.67. The summed E-state index contributed by atoms with van der Waals surface area (Å²) >= 11 is 24.4. The molecule has 166 valence electrons. The Bertz CT molecular complexity index is 1150. The van der Waals surface area contributed by atoms with E-state index < -0.39 is 10.4 Å². The van der Waals surface area contributed by atoms with Gasteiger partial charge in [0.15, 0.2) is 0 Å². The molecule has 0 radical (unpaired) electrons. The molecule has 3 aromatic rings. The molecule has 0 bridgehead atoms. The van der Waals surface area contributed by atoms with E-state index in [2.05, 4.69) is 10.1 Å². The highest BCUT2D eigenvalue weighted by molar-refractivity contribution is 7.79. The Hall–Kier alpha value is -1.85. The molecule has 3 rings (SSSR count). The number of rotatable bonds is 6. The van der Waals surface area contributed by atoms with E-state index >= 15 is 0 Å². The number of benzene rings is 2. The van der Waals surface area contributed by atoms with Crippen molar-refractivity contribution in [3.63, 3.8) is 0 Å². The number of hydrogen-bond donors (Lipinski definition) is 2. The third-order valence-electron chi connectivity index (χ3n) is 3.54. The van der Waals surface area contributed by atoms with Crippen LogP contribution in [-0.4, -0.2) is 32.8 Å². The molecular formula is C18H15Cl4N3O5S. The smallest absolute Gasteiger partial charge is 0.391 e. The quantitative estimate of drug-likeness (QED) is 0.250. The van der Waals surface area contributed by atoms with Gasteiger partial charge in [0.1, 0.15) is 12.3 Å². The van der Waals surface area contributed by atoms with Gasteiger partial charge in [-0.3, -0.25) is 9.11 Å². The van der Waals surface area contributed by atoms with E-state index in [-0.39, 0.29) is 6.61 Å². The first-order valence-corrected chi connectivity index (χ1v) is 11.2. The Kier molecular flexibility index (Phi) is 9.57. The lowest BCUT2D eigenvalue weighted by atomic mass is 10.1.